The number of piperazine rings is 1. The fourth-order valence-corrected chi connectivity index (χ4v) is 6.69. The molecule has 1 aliphatic heterocycles. The van der Waals surface area contributed by atoms with Gasteiger partial charge in [0.05, 0.1) is 22.0 Å². The smallest absolute Gasteiger partial charge is 0.416 e. The number of alkyl halides is 3. The third-order valence-corrected chi connectivity index (χ3v) is 9.27. The first-order valence-electron chi connectivity index (χ1n) is 16.1. The van der Waals surface area contributed by atoms with Crippen LogP contribution in [0.1, 0.15) is 45.6 Å². The molecule has 0 radical (unpaired) electrons. The fraction of sp³-hybridized carbons (Fsp3) is 0.257. The van der Waals surface area contributed by atoms with Gasteiger partial charge in [0.15, 0.2) is 11.5 Å². The van der Waals surface area contributed by atoms with Crippen LogP contribution in [0.15, 0.2) is 65.6 Å². The zero-order valence-electron chi connectivity index (χ0n) is 27.1. The third-order valence-electron chi connectivity index (χ3n) is 8.96. The molecule has 0 atom stereocenters. The third kappa shape index (κ3) is 6.40. The molecule has 262 valence electrons. The molecule has 4 heterocycles. The predicted octanol–water partition coefficient (Wildman–Crippen LogP) is 4.92. The number of rotatable bonds is 7. The molecule has 1 fully saturated rings. The number of hydrogen-bond acceptors (Lipinski definition) is 8. The zero-order valence-corrected chi connectivity index (χ0v) is 27.9. The number of aromatic nitrogens is 5. The number of aromatic hydroxyl groups is 1. The summed E-state index contributed by atoms with van der Waals surface area (Å²) in [6.45, 7) is 2.40. The highest BCUT2D eigenvalue weighted by molar-refractivity contribution is 6.33. The van der Waals surface area contributed by atoms with Crippen LogP contribution in [-0.4, -0.2) is 72.1 Å². The van der Waals surface area contributed by atoms with Crippen molar-refractivity contribution in [3.63, 3.8) is 0 Å². The SMILES string of the molecule is CCc1c(N2CCN(C(=O)c3ncccc3O)CC2)c(=O)n2nc(C3=Cc4ccccc4C3)nc2n1CC(=O)Nc1ccc(C(F)(F)F)cc1Cl. The Bertz CT molecular complexity index is 2290. The standard InChI is InChI=1S/C35H30ClF3N8O4/c1-2-26-30(44-12-14-45(15-13-44)32(50)29-27(48)8-5-11-40-29)33(51)47-34(42-31(43-47)22-16-20-6-3-4-7-21(20)17-22)46(26)19-28(49)41-25-10-9-23(18-24(25)36)35(37,38)39/h3-11,16,18,48H,2,12-15,17,19H2,1H3,(H,41,49). The summed E-state index contributed by atoms with van der Waals surface area (Å²) in [6, 6.07) is 13.4. The number of amides is 2. The van der Waals surface area contributed by atoms with Gasteiger partial charge in [-0.25, -0.2) is 4.98 Å². The van der Waals surface area contributed by atoms with Crippen LogP contribution in [0, 0.1) is 0 Å². The lowest BCUT2D eigenvalue weighted by Gasteiger charge is -2.36. The van der Waals surface area contributed by atoms with Crippen molar-refractivity contribution in [2.75, 3.05) is 36.4 Å². The molecule has 3 aromatic heterocycles. The van der Waals surface area contributed by atoms with E-state index in [9.17, 15) is 32.7 Å². The molecule has 12 nitrogen and oxygen atoms in total. The lowest BCUT2D eigenvalue weighted by atomic mass is 10.1. The molecule has 1 saturated heterocycles. The summed E-state index contributed by atoms with van der Waals surface area (Å²) in [4.78, 5) is 53.1. The van der Waals surface area contributed by atoms with Crippen LogP contribution in [0.5, 0.6) is 5.75 Å². The Morgan fingerprint density at radius 3 is 2.49 bits per heavy atom. The summed E-state index contributed by atoms with van der Waals surface area (Å²) >= 11 is 6.13. The maximum atomic E-state index is 14.3. The van der Waals surface area contributed by atoms with E-state index >= 15 is 0 Å². The van der Waals surface area contributed by atoms with Gasteiger partial charge in [0, 0.05) is 44.4 Å². The molecule has 7 rings (SSSR count). The van der Waals surface area contributed by atoms with Gasteiger partial charge >= 0.3 is 6.18 Å². The number of pyridine rings is 1. The molecule has 2 N–H and O–H groups in total. The number of nitrogens with zero attached hydrogens (tertiary/aromatic N) is 7. The van der Waals surface area contributed by atoms with E-state index in [1.165, 1.54) is 18.3 Å². The Labute approximate surface area is 293 Å². The van der Waals surface area contributed by atoms with Crippen LogP contribution < -0.4 is 15.8 Å². The van der Waals surface area contributed by atoms with Crippen LogP contribution >= 0.6 is 11.6 Å². The van der Waals surface area contributed by atoms with Gasteiger partial charge in [0.25, 0.3) is 11.5 Å². The molecule has 0 saturated carbocycles. The van der Waals surface area contributed by atoms with Crippen LogP contribution in [0.3, 0.4) is 0 Å². The van der Waals surface area contributed by atoms with Gasteiger partial charge in [-0.2, -0.15) is 22.7 Å². The van der Waals surface area contributed by atoms with Crippen molar-refractivity contribution in [2.24, 2.45) is 0 Å². The van der Waals surface area contributed by atoms with Crippen molar-refractivity contribution in [2.45, 2.75) is 32.5 Å². The van der Waals surface area contributed by atoms with Gasteiger partial charge in [-0.05, 0) is 54.0 Å². The van der Waals surface area contributed by atoms with E-state index in [0.29, 0.717) is 24.4 Å². The summed E-state index contributed by atoms with van der Waals surface area (Å²) in [5.41, 5.74) is 2.14. The molecule has 0 spiro atoms. The van der Waals surface area contributed by atoms with E-state index < -0.39 is 29.1 Å². The number of hydrogen-bond donors (Lipinski definition) is 2. The minimum atomic E-state index is -4.61. The molecule has 51 heavy (non-hydrogen) atoms. The first-order chi connectivity index (χ1) is 24.4. The van der Waals surface area contributed by atoms with Crippen molar-refractivity contribution in [3.8, 4) is 5.75 Å². The van der Waals surface area contributed by atoms with E-state index in [1.807, 2.05) is 42.2 Å². The monoisotopic (exact) mass is 718 g/mol. The molecule has 0 unspecified atom stereocenters. The van der Waals surface area contributed by atoms with Crippen molar-refractivity contribution in [1.82, 2.24) is 29.0 Å². The Morgan fingerprint density at radius 2 is 1.80 bits per heavy atom. The number of carbonyl (C=O) groups excluding carboxylic acids is 2. The van der Waals surface area contributed by atoms with E-state index in [-0.39, 0.29) is 66.3 Å². The summed E-state index contributed by atoms with van der Waals surface area (Å²) in [5.74, 6) is -0.870. The average molecular weight is 719 g/mol. The van der Waals surface area contributed by atoms with Gasteiger partial charge in [-0.15, -0.1) is 5.10 Å². The van der Waals surface area contributed by atoms with Crippen LogP contribution in [0.25, 0.3) is 17.4 Å². The molecular formula is C35H30ClF3N8O4. The Morgan fingerprint density at radius 1 is 1.04 bits per heavy atom. The second-order valence-electron chi connectivity index (χ2n) is 12.1. The van der Waals surface area contributed by atoms with Crippen LogP contribution in [0.2, 0.25) is 5.02 Å². The maximum absolute atomic E-state index is 14.3. The molecule has 16 heteroatoms. The molecule has 2 aromatic carbocycles. The Balaban J connectivity index is 1.25. The minimum absolute atomic E-state index is 0.0132. The van der Waals surface area contributed by atoms with Crippen molar-refractivity contribution in [3.05, 3.63) is 110 Å². The largest absolute Gasteiger partial charge is 0.505 e. The number of benzene rings is 2. The normalized spacial score (nSPS) is 14.5. The molecule has 0 bridgehead atoms. The summed E-state index contributed by atoms with van der Waals surface area (Å²) in [5, 5.41) is 17.1. The van der Waals surface area contributed by atoms with E-state index in [4.69, 9.17) is 16.6 Å². The summed E-state index contributed by atoms with van der Waals surface area (Å²) in [7, 11) is 0. The number of anilines is 2. The highest BCUT2D eigenvalue weighted by Crippen LogP contribution is 2.34. The van der Waals surface area contributed by atoms with Crippen LogP contribution in [-0.2, 0) is 30.4 Å². The molecule has 1 aliphatic carbocycles. The first-order valence-corrected chi connectivity index (χ1v) is 16.5. The number of nitrogens with one attached hydrogen (secondary N) is 1. The molecule has 5 aromatic rings. The van der Waals surface area contributed by atoms with Crippen molar-refractivity contribution in [1.29, 1.82) is 0 Å². The highest BCUT2D eigenvalue weighted by Gasteiger charge is 2.32. The van der Waals surface area contributed by atoms with Gasteiger partial charge in [0.2, 0.25) is 11.7 Å². The highest BCUT2D eigenvalue weighted by atomic mass is 35.5. The van der Waals surface area contributed by atoms with Gasteiger partial charge in [-0.3, -0.25) is 14.4 Å². The molecule has 2 aliphatic rings. The minimum Gasteiger partial charge on any atom is -0.505 e. The summed E-state index contributed by atoms with van der Waals surface area (Å²) < 4.78 is 42.4. The van der Waals surface area contributed by atoms with Crippen LogP contribution in [0.4, 0.5) is 24.5 Å². The molecular weight excluding hydrogens is 689 g/mol. The van der Waals surface area contributed by atoms with Crippen molar-refractivity contribution >= 4 is 52.2 Å². The quantitative estimate of drug-likeness (QED) is 0.242. The topological polar surface area (TPSA) is 138 Å². The van der Waals surface area contributed by atoms with Gasteiger partial charge < -0.3 is 24.8 Å². The van der Waals surface area contributed by atoms with E-state index in [0.717, 1.165) is 39.4 Å². The predicted molar refractivity (Wildman–Crippen MR) is 184 cm³/mol. The molecule has 2 amide bonds. The average Bonchev–Trinajstić information content (AvgIpc) is 3.75. The number of allylic oxidation sites excluding steroid dienone is 1. The number of carbonyl (C=O) groups is 2. The van der Waals surface area contributed by atoms with Gasteiger partial charge in [-0.1, -0.05) is 42.8 Å². The van der Waals surface area contributed by atoms with E-state index in [2.05, 4.69) is 15.4 Å². The lowest BCUT2D eigenvalue weighted by Crippen LogP contribution is -2.51. The lowest BCUT2D eigenvalue weighted by molar-refractivity contribution is -0.137. The van der Waals surface area contributed by atoms with Crippen molar-refractivity contribution < 1.29 is 27.9 Å². The fourth-order valence-electron chi connectivity index (χ4n) is 6.46. The first kappa shape index (κ1) is 33.8. The number of fused-ring (bicyclic) bond motifs is 2. The second-order valence-corrected chi connectivity index (χ2v) is 12.5. The maximum Gasteiger partial charge on any atom is 0.416 e. The second kappa shape index (κ2) is 13.2. The Kier molecular flexibility index (Phi) is 8.75. The number of halogens is 4. The van der Waals surface area contributed by atoms with Gasteiger partial charge in [0.1, 0.15) is 18.0 Å². The van der Waals surface area contributed by atoms with E-state index in [1.54, 1.807) is 9.47 Å². The zero-order chi connectivity index (χ0) is 36.0. The summed E-state index contributed by atoms with van der Waals surface area (Å²) in [6.07, 6.45) is -0.394. The Hall–Kier alpha value is -5.70.